The lowest BCUT2D eigenvalue weighted by molar-refractivity contribution is -0.145. The van der Waals surface area contributed by atoms with Gasteiger partial charge in [0.15, 0.2) is 0 Å². The number of carbonyl (C=O) groups is 2. The van der Waals surface area contributed by atoms with Crippen LogP contribution in [0.25, 0.3) is 11.1 Å². The summed E-state index contributed by atoms with van der Waals surface area (Å²) in [5, 5.41) is 18.3. The first-order valence-electron chi connectivity index (χ1n) is 15.5. The third-order valence-corrected chi connectivity index (χ3v) is 8.65. The molecule has 6 nitrogen and oxygen atoms in total. The number of aryl methyl sites for hydroxylation is 1. The summed E-state index contributed by atoms with van der Waals surface area (Å²) in [6.07, 6.45) is 11.6. The van der Waals surface area contributed by atoms with E-state index in [1.54, 1.807) is 0 Å². The maximum absolute atomic E-state index is 12.1. The summed E-state index contributed by atoms with van der Waals surface area (Å²) < 4.78 is 10.7. The van der Waals surface area contributed by atoms with Gasteiger partial charge in [0, 0.05) is 5.92 Å². The molecule has 3 rings (SSSR count). The molecule has 0 aromatic heterocycles. The lowest BCUT2D eigenvalue weighted by Gasteiger charge is -2.34. The van der Waals surface area contributed by atoms with Gasteiger partial charge in [-0.3, -0.25) is 0 Å². The summed E-state index contributed by atoms with van der Waals surface area (Å²) in [6, 6.07) is 17.9. The summed E-state index contributed by atoms with van der Waals surface area (Å²) in [5.74, 6) is -0.124. The molecule has 0 spiro atoms. The molecule has 2 aromatic rings. The van der Waals surface area contributed by atoms with E-state index in [-0.39, 0.29) is 30.3 Å². The minimum Gasteiger partial charge on any atom is -0.462 e. The highest BCUT2D eigenvalue weighted by atomic mass is 16.5. The molecular weight excluding hydrogens is 540 g/mol. The Morgan fingerprint density at radius 3 is 1.86 bits per heavy atom. The van der Waals surface area contributed by atoms with Crippen molar-refractivity contribution in [3.05, 3.63) is 96.1 Å². The minimum absolute atomic E-state index is 0.0163. The summed E-state index contributed by atoms with van der Waals surface area (Å²) in [7, 11) is 0. The van der Waals surface area contributed by atoms with Crippen LogP contribution in [0.2, 0.25) is 0 Å². The molecule has 1 atom stereocenters. The van der Waals surface area contributed by atoms with Crippen molar-refractivity contribution < 1.29 is 29.3 Å². The predicted octanol–water partition coefficient (Wildman–Crippen LogP) is 6.96. The fourth-order valence-corrected chi connectivity index (χ4v) is 5.87. The van der Waals surface area contributed by atoms with Gasteiger partial charge in [-0.15, -0.1) is 0 Å². The van der Waals surface area contributed by atoms with Gasteiger partial charge in [0.05, 0.1) is 37.6 Å². The number of aliphatic hydroxyl groups excluding tert-OH is 2. The quantitative estimate of drug-likeness (QED) is 0.125. The second-order valence-electron chi connectivity index (χ2n) is 11.8. The lowest BCUT2D eigenvalue weighted by atomic mass is 9.72. The van der Waals surface area contributed by atoms with Crippen molar-refractivity contribution in [1.29, 1.82) is 0 Å². The molecule has 2 N–H and O–H groups in total. The number of aliphatic hydroxyl groups is 2. The number of esters is 2. The van der Waals surface area contributed by atoms with Gasteiger partial charge in [-0.05, 0) is 91.9 Å². The van der Waals surface area contributed by atoms with Crippen molar-refractivity contribution in [3.63, 3.8) is 0 Å². The number of carbonyl (C=O) groups excluding carboxylic acids is 2. The van der Waals surface area contributed by atoms with Crippen LogP contribution in [0.15, 0.2) is 85.0 Å². The fourth-order valence-electron chi connectivity index (χ4n) is 5.87. The minimum atomic E-state index is -0.658. The Bertz CT molecular complexity index is 1190. The smallest absolute Gasteiger partial charge is 0.335 e. The second-order valence-corrected chi connectivity index (χ2v) is 11.8. The first kappa shape index (κ1) is 34.0. The summed E-state index contributed by atoms with van der Waals surface area (Å²) in [4.78, 5) is 24.1. The van der Waals surface area contributed by atoms with Crippen LogP contribution in [0.3, 0.4) is 0 Å². The SMILES string of the molecule is C=C(CO)C(=O)OCC(COC(=O)C(=C)CO)CC(C)C1CCC(c2ccc(-c3ccc(CC/C=C/C)cc3)cc2)CC1. The molecule has 0 radical (unpaired) electrons. The Balaban J connectivity index is 1.53. The van der Waals surface area contributed by atoms with Gasteiger partial charge in [-0.2, -0.15) is 0 Å². The van der Waals surface area contributed by atoms with Crippen LogP contribution in [-0.2, 0) is 25.5 Å². The predicted molar refractivity (Wildman–Crippen MR) is 171 cm³/mol. The average Bonchev–Trinajstić information content (AvgIpc) is 3.05. The van der Waals surface area contributed by atoms with E-state index >= 15 is 0 Å². The molecule has 2 aromatic carbocycles. The van der Waals surface area contributed by atoms with E-state index in [0.717, 1.165) is 44.9 Å². The summed E-state index contributed by atoms with van der Waals surface area (Å²) >= 11 is 0. The number of hydrogen-bond acceptors (Lipinski definition) is 6. The molecule has 1 unspecified atom stereocenters. The third kappa shape index (κ3) is 10.6. The van der Waals surface area contributed by atoms with Crippen molar-refractivity contribution in [2.75, 3.05) is 26.4 Å². The van der Waals surface area contributed by atoms with Gasteiger partial charge >= 0.3 is 11.9 Å². The molecular formula is C37H48O6. The molecule has 0 heterocycles. The number of rotatable bonds is 16. The van der Waals surface area contributed by atoms with E-state index in [0.29, 0.717) is 17.8 Å². The number of benzene rings is 2. The van der Waals surface area contributed by atoms with Crippen molar-refractivity contribution in [3.8, 4) is 11.1 Å². The highest BCUT2D eigenvalue weighted by Gasteiger charge is 2.29. The Kier molecular flexibility index (Phi) is 13.9. The van der Waals surface area contributed by atoms with Crippen LogP contribution >= 0.6 is 0 Å². The van der Waals surface area contributed by atoms with E-state index in [4.69, 9.17) is 19.7 Å². The second kappa shape index (κ2) is 17.6. The largest absolute Gasteiger partial charge is 0.462 e. The number of hydrogen-bond donors (Lipinski definition) is 2. The zero-order valence-corrected chi connectivity index (χ0v) is 25.8. The van der Waals surface area contributed by atoms with Crippen LogP contribution in [0, 0.1) is 17.8 Å². The van der Waals surface area contributed by atoms with E-state index in [1.807, 2.05) is 0 Å². The van der Waals surface area contributed by atoms with E-state index in [1.165, 1.54) is 22.3 Å². The maximum atomic E-state index is 12.1. The molecule has 0 saturated heterocycles. The highest BCUT2D eigenvalue weighted by molar-refractivity contribution is 5.88. The van der Waals surface area contributed by atoms with Gasteiger partial charge in [0.2, 0.25) is 0 Å². The molecule has 1 fully saturated rings. The summed E-state index contributed by atoms with van der Waals surface area (Å²) in [5.41, 5.74) is 5.20. The Morgan fingerprint density at radius 2 is 1.37 bits per heavy atom. The normalized spacial score (nSPS) is 17.5. The summed E-state index contributed by atoms with van der Waals surface area (Å²) in [6.45, 7) is 10.5. The van der Waals surface area contributed by atoms with Crippen molar-refractivity contribution >= 4 is 11.9 Å². The van der Waals surface area contributed by atoms with Crippen molar-refractivity contribution in [2.24, 2.45) is 17.8 Å². The first-order chi connectivity index (χ1) is 20.7. The number of allylic oxidation sites excluding steroid dienone is 2. The van der Waals surface area contributed by atoms with Crippen LogP contribution < -0.4 is 0 Å². The molecule has 232 valence electrons. The molecule has 0 bridgehead atoms. The Hall–Kier alpha value is -3.48. The average molecular weight is 589 g/mol. The first-order valence-corrected chi connectivity index (χ1v) is 15.5. The zero-order chi connectivity index (χ0) is 31.2. The topological polar surface area (TPSA) is 93.1 Å². The zero-order valence-electron chi connectivity index (χ0n) is 25.8. The standard InChI is InChI=1S/C37H48O6/c1-5-6-7-8-29-9-11-32(12-10-29)34-17-19-35(20-18-34)33-15-13-31(14-16-33)26(2)21-30(24-42-36(40)27(3)22-38)25-43-37(41)28(4)23-39/h5-6,9-12,17-20,26,30-31,33,38-39H,3-4,7-8,13-16,21-25H2,1-2H3/b6-5+. The maximum Gasteiger partial charge on any atom is 0.335 e. The third-order valence-electron chi connectivity index (χ3n) is 8.65. The van der Waals surface area contributed by atoms with E-state index in [9.17, 15) is 9.59 Å². The van der Waals surface area contributed by atoms with Gasteiger partial charge in [0.25, 0.3) is 0 Å². The van der Waals surface area contributed by atoms with E-state index < -0.39 is 25.2 Å². The van der Waals surface area contributed by atoms with Crippen molar-refractivity contribution in [2.45, 2.75) is 64.7 Å². The van der Waals surface area contributed by atoms with Crippen LogP contribution in [-0.4, -0.2) is 48.6 Å². The van der Waals surface area contributed by atoms with Crippen LogP contribution in [0.1, 0.15) is 69.4 Å². The molecule has 0 amide bonds. The number of ether oxygens (including phenoxy) is 2. The van der Waals surface area contributed by atoms with Gasteiger partial charge in [0.1, 0.15) is 0 Å². The Morgan fingerprint density at radius 1 is 0.860 bits per heavy atom. The lowest BCUT2D eigenvalue weighted by Crippen LogP contribution is -2.27. The van der Waals surface area contributed by atoms with Crippen molar-refractivity contribution in [1.82, 2.24) is 0 Å². The molecule has 1 saturated carbocycles. The fraction of sp³-hybridized carbons (Fsp3) is 0.459. The van der Waals surface area contributed by atoms with Gasteiger partial charge < -0.3 is 19.7 Å². The molecule has 0 aliphatic heterocycles. The molecule has 43 heavy (non-hydrogen) atoms. The van der Waals surface area contributed by atoms with Gasteiger partial charge in [-0.1, -0.05) is 80.8 Å². The Labute approximate surface area is 257 Å². The van der Waals surface area contributed by atoms with Crippen LogP contribution in [0.4, 0.5) is 0 Å². The van der Waals surface area contributed by atoms with Gasteiger partial charge in [-0.25, -0.2) is 9.59 Å². The van der Waals surface area contributed by atoms with E-state index in [2.05, 4.69) is 87.7 Å². The molecule has 1 aliphatic rings. The van der Waals surface area contributed by atoms with Crippen LogP contribution in [0.5, 0.6) is 0 Å². The monoisotopic (exact) mass is 588 g/mol. The molecule has 1 aliphatic carbocycles. The molecule has 6 heteroatoms. The highest BCUT2D eigenvalue weighted by Crippen LogP contribution is 2.40.